The number of hydrogen-bond donors (Lipinski definition) is 1. The molecule has 3 aromatic rings. The molecule has 1 aromatic heterocycles. The van der Waals surface area contributed by atoms with Crippen LogP contribution in [0.2, 0.25) is 0 Å². The quantitative estimate of drug-likeness (QED) is 0.769. The highest BCUT2D eigenvalue weighted by molar-refractivity contribution is 5.80. The number of phenols is 1. The summed E-state index contributed by atoms with van der Waals surface area (Å²) in [6.45, 7) is 3.08. The van der Waals surface area contributed by atoms with Gasteiger partial charge in [-0.2, -0.15) is 0 Å². The largest absolute Gasteiger partial charge is 0.508 e. The van der Waals surface area contributed by atoms with Gasteiger partial charge < -0.3 is 9.67 Å². The zero-order valence-corrected chi connectivity index (χ0v) is 10.9. The molecule has 0 spiro atoms. The van der Waals surface area contributed by atoms with Crippen molar-refractivity contribution in [3.05, 3.63) is 48.5 Å². The molecule has 0 aliphatic rings. The molecule has 0 aliphatic heterocycles. The molecule has 0 saturated heterocycles. The van der Waals surface area contributed by atoms with E-state index in [0.29, 0.717) is 0 Å². The fourth-order valence-corrected chi connectivity index (χ4v) is 2.39. The minimum Gasteiger partial charge on any atom is -0.508 e. The number of aromatic nitrogens is 2. The standard InChI is InChI=1S/C16H16N2O/c1-2-10-18-15-9-4-3-8-14(15)17-16(18)12-6-5-7-13(19)11-12/h3-9,11,19H,2,10H2,1H3. The first-order chi connectivity index (χ1) is 9.29. The van der Waals surface area contributed by atoms with E-state index >= 15 is 0 Å². The lowest BCUT2D eigenvalue weighted by molar-refractivity contribution is 0.475. The number of phenolic OH excluding ortho intramolecular Hbond substituents is 1. The number of imidazole rings is 1. The fourth-order valence-electron chi connectivity index (χ4n) is 2.39. The highest BCUT2D eigenvalue weighted by Gasteiger charge is 2.11. The zero-order valence-electron chi connectivity index (χ0n) is 10.9. The van der Waals surface area contributed by atoms with Crippen LogP contribution < -0.4 is 0 Å². The van der Waals surface area contributed by atoms with Crippen molar-refractivity contribution in [2.45, 2.75) is 19.9 Å². The van der Waals surface area contributed by atoms with Gasteiger partial charge in [-0.3, -0.25) is 0 Å². The highest BCUT2D eigenvalue weighted by Crippen LogP contribution is 2.27. The molecule has 96 valence electrons. The van der Waals surface area contributed by atoms with Gasteiger partial charge in [-0.15, -0.1) is 0 Å². The van der Waals surface area contributed by atoms with Crippen molar-refractivity contribution in [2.75, 3.05) is 0 Å². The van der Waals surface area contributed by atoms with Crippen LogP contribution in [0.1, 0.15) is 13.3 Å². The molecule has 0 fully saturated rings. The summed E-state index contributed by atoms with van der Waals surface area (Å²) in [5.41, 5.74) is 3.08. The van der Waals surface area contributed by atoms with Gasteiger partial charge in [0.2, 0.25) is 0 Å². The van der Waals surface area contributed by atoms with Crippen molar-refractivity contribution < 1.29 is 5.11 Å². The van der Waals surface area contributed by atoms with E-state index in [2.05, 4.69) is 17.6 Å². The lowest BCUT2D eigenvalue weighted by atomic mass is 10.2. The van der Waals surface area contributed by atoms with Gasteiger partial charge in [0.15, 0.2) is 0 Å². The molecular formula is C16H16N2O. The van der Waals surface area contributed by atoms with Crippen LogP contribution in [0.5, 0.6) is 5.75 Å². The summed E-state index contributed by atoms with van der Waals surface area (Å²) in [4.78, 5) is 4.69. The Morgan fingerprint density at radius 1 is 1.11 bits per heavy atom. The molecule has 0 saturated carbocycles. The number of hydrogen-bond acceptors (Lipinski definition) is 2. The average molecular weight is 252 g/mol. The van der Waals surface area contributed by atoms with Gasteiger partial charge in [0.05, 0.1) is 11.0 Å². The first kappa shape index (κ1) is 11.8. The molecule has 0 atom stereocenters. The van der Waals surface area contributed by atoms with Crippen LogP contribution >= 0.6 is 0 Å². The Bertz CT molecular complexity index is 716. The molecule has 3 heteroatoms. The maximum Gasteiger partial charge on any atom is 0.141 e. The molecule has 19 heavy (non-hydrogen) atoms. The molecule has 3 rings (SSSR count). The minimum absolute atomic E-state index is 0.271. The van der Waals surface area contributed by atoms with Gasteiger partial charge in [0.1, 0.15) is 11.6 Å². The number of rotatable bonds is 3. The van der Waals surface area contributed by atoms with Gasteiger partial charge in [0, 0.05) is 12.1 Å². The van der Waals surface area contributed by atoms with E-state index in [1.165, 1.54) is 0 Å². The summed E-state index contributed by atoms with van der Waals surface area (Å²) in [6.07, 6.45) is 1.05. The van der Waals surface area contributed by atoms with Gasteiger partial charge >= 0.3 is 0 Å². The van der Waals surface area contributed by atoms with Crippen LogP contribution in [0.25, 0.3) is 22.4 Å². The summed E-state index contributed by atoms with van der Waals surface area (Å²) < 4.78 is 2.21. The molecule has 1 heterocycles. The first-order valence-electron chi connectivity index (χ1n) is 6.54. The molecule has 3 nitrogen and oxygen atoms in total. The number of para-hydroxylation sites is 2. The summed E-state index contributed by atoms with van der Waals surface area (Å²) in [5, 5.41) is 9.63. The van der Waals surface area contributed by atoms with Crippen molar-refractivity contribution in [3.8, 4) is 17.1 Å². The Morgan fingerprint density at radius 3 is 2.74 bits per heavy atom. The molecule has 1 N–H and O–H groups in total. The number of benzene rings is 2. The van der Waals surface area contributed by atoms with Crippen LogP contribution in [0.15, 0.2) is 48.5 Å². The first-order valence-corrected chi connectivity index (χ1v) is 6.54. The number of aryl methyl sites for hydroxylation is 1. The Kier molecular flexibility index (Phi) is 2.95. The third-order valence-corrected chi connectivity index (χ3v) is 3.21. The zero-order chi connectivity index (χ0) is 13.2. The second-order valence-electron chi connectivity index (χ2n) is 4.63. The van der Waals surface area contributed by atoms with Crippen LogP contribution in [0.3, 0.4) is 0 Å². The van der Waals surface area contributed by atoms with Crippen LogP contribution in [-0.2, 0) is 6.54 Å². The molecule has 0 aliphatic carbocycles. The molecule has 0 bridgehead atoms. The molecule has 2 aromatic carbocycles. The van der Waals surface area contributed by atoms with Crippen molar-refractivity contribution in [2.24, 2.45) is 0 Å². The topological polar surface area (TPSA) is 38.0 Å². The van der Waals surface area contributed by atoms with Crippen molar-refractivity contribution in [1.29, 1.82) is 0 Å². The summed E-state index contributed by atoms with van der Waals surface area (Å²) >= 11 is 0. The van der Waals surface area contributed by atoms with E-state index < -0.39 is 0 Å². The Balaban J connectivity index is 2.25. The minimum atomic E-state index is 0.271. The third-order valence-electron chi connectivity index (χ3n) is 3.21. The van der Waals surface area contributed by atoms with E-state index in [0.717, 1.165) is 35.4 Å². The number of aromatic hydroxyl groups is 1. The number of fused-ring (bicyclic) bond motifs is 1. The molecular weight excluding hydrogens is 236 g/mol. The van der Waals surface area contributed by atoms with Crippen LogP contribution in [0, 0.1) is 0 Å². The van der Waals surface area contributed by atoms with E-state index in [1.54, 1.807) is 12.1 Å². The third kappa shape index (κ3) is 2.08. The number of nitrogens with zero attached hydrogens (tertiary/aromatic N) is 2. The van der Waals surface area contributed by atoms with Gasteiger partial charge in [-0.1, -0.05) is 31.2 Å². The predicted octanol–water partition coefficient (Wildman–Crippen LogP) is 3.82. The highest BCUT2D eigenvalue weighted by atomic mass is 16.3. The van der Waals surface area contributed by atoms with Crippen molar-refractivity contribution in [1.82, 2.24) is 9.55 Å². The van der Waals surface area contributed by atoms with Gasteiger partial charge in [-0.25, -0.2) is 4.98 Å². The lowest BCUT2D eigenvalue weighted by Gasteiger charge is -2.07. The molecule has 0 unspecified atom stereocenters. The summed E-state index contributed by atoms with van der Waals surface area (Å²) in [5.74, 6) is 1.19. The van der Waals surface area contributed by atoms with E-state index in [9.17, 15) is 5.11 Å². The van der Waals surface area contributed by atoms with Crippen LogP contribution in [-0.4, -0.2) is 14.7 Å². The van der Waals surface area contributed by atoms with E-state index in [1.807, 2.05) is 30.3 Å². The van der Waals surface area contributed by atoms with Crippen molar-refractivity contribution >= 4 is 11.0 Å². The van der Waals surface area contributed by atoms with E-state index in [-0.39, 0.29) is 5.75 Å². The predicted molar refractivity (Wildman–Crippen MR) is 77.1 cm³/mol. The molecule has 0 radical (unpaired) electrons. The second-order valence-corrected chi connectivity index (χ2v) is 4.63. The lowest BCUT2D eigenvalue weighted by Crippen LogP contribution is -1.99. The Labute approximate surface area is 112 Å². The fraction of sp³-hybridized carbons (Fsp3) is 0.188. The SMILES string of the molecule is CCCn1c(-c2cccc(O)c2)nc2ccccc21. The monoisotopic (exact) mass is 252 g/mol. The van der Waals surface area contributed by atoms with Crippen molar-refractivity contribution in [3.63, 3.8) is 0 Å². The summed E-state index contributed by atoms with van der Waals surface area (Å²) in [6, 6.07) is 15.4. The van der Waals surface area contributed by atoms with Gasteiger partial charge in [0.25, 0.3) is 0 Å². The average Bonchev–Trinajstić information content (AvgIpc) is 2.79. The van der Waals surface area contributed by atoms with E-state index in [4.69, 9.17) is 4.98 Å². The smallest absolute Gasteiger partial charge is 0.141 e. The maximum absolute atomic E-state index is 9.63. The maximum atomic E-state index is 9.63. The summed E-state index contributed by atoms with van der Waals surface area (Å²) in [7, 11) is 0. The Morgan fingerprint density at radius 2 is 1.95 bits per heavy atom. The van der Waals surface area contributed by atoms with Gasteiger partial charge in [-0.05, 0) is 30.7 Å². The Hall–Kier alpha value is -2.29. The van der Waals surface area contributed by atoms with Crippen LogP contribution in [0.4, 0.5) is 0 Å². The normalized spacial score (nSPS) is 11.0. The second kappa shape index (κ2) is 4.76. The molecule has 0 amide bonds.